The van der Waals surface area contributed by atoms with E-state index in [2.05, 4.69) is 54.6 Å². The second kappa shape index (κ2) is 11.3. The maximum atomic E-state index is 12.5. The molecule has 0 N–H and O–H groups in total. The molecule has 1 aliphatic carbocycles. The van der Waals surface area contributed by atoms with Crippen LogP contribution >= 0.6 is 0 Å². The van der Waals surface area contributed by atoms with Gasteiger partial charge in [0.25, 0.3) is 0 Å². The molecular weight excluding hydrogens is 516 g/mol. The van der Waals surface area contributed by atoms with Crippen LogP contribution in [-0.2, 0) is 23.1 Å². The summed E-state index contributed by atoms with van der Waals surface area (Å²) in [5.41, 5.74) is 3.43. The average molecular weight is 557 g/mol. The van der Waals surface area contributed by atoms with Crippen molar-refractivity contribution in [3.8, 4) is 17.8 Å². The number of ether oxygens (including phenoxy) is 2. The third kappa shape index (κ3) is 5.26. The highest BCUT2D eigenvalue weighted by molar-refractivity contribution is 5.87. The molecule has 0 bridgehead atoms. The molecular formula is C32H40N6O3. The molecule has 9 heteroatoms. The topological polar surface area (TPSA) is 94.8 Å². The molecule has 6 rings (SSSR count). The zero-order valence-electron chi connectivity index (χ0n) is 24.2. The molecule has 1 aromatic heterocycles. The fraction of sp³-hybridized carbons (Fsp3) is 0.562. The Morgan fingerprint density at radius 3 is 2.90 bits per heavy atom. The summed E-state index contributed by atoms with van der Waals surface area (Å²) in [4.78, 5) is 29.0. The number of benzene rings is 1. The lowest BCUT2D eigenvalue weighted by Crippen LogP contribution is -2.55. The minimum absolute atomic E-state index is 0.0474. The van der Waals surface area contributed by atoms with Gasteiger partial charge in [-0.1, -0.05) is 24.8 Å². The summed E-state index contributed by atoms with van der Waals surface area (Å²) < 4.78 is 12.6. The molecule has 1 amide bonds. The molecule has 2 unspecified atom stereocenters. The van der Waals surface area contributed by atoms with Crippen molar-refractivity contribution in [1.29, 1.82) is 5.26 Å². The third-order valence-electron chi connectivity index (χ3n) is 9.52. The van der Waals surface area contributed by atoms with E-state index in [0.717, 1.165) is 61.5 Å². The molecule has 0 radical (unpaired) electrons. The second-order valence-corrected chi connectivity index (χ2v) is 12.1. The van der Waals surface area contributed by atoms with E-state index in [1.165, 1.54) is 18.1 Å². The Bertz CT molecular complexity index is 1360. The molecule has 9 nitrogen and oxygen atoms in total. The van der Waals surface area contributed by atoms with E-state index in [4.69, 9.17) is 19.4 Å². The van der Waals surface area contributed by atoms with Gasteiger partial charge in [0.05, 0.1) is 30.3 Å². The maximum absolute atomic E-state index is 12.5. The number of aromatic nitrogens is 2. The van der Waals surface area contributed by atoms with Gasteiger partial charge in [-0.15, -0.1) is 0 Å². The Balaban J connectivity index is 1.35. The van der Waals surface area contributed by atoms with Gasteiger partial charge in [-0.25, -0.2) is 0 Å². The van der Waals surface area contributed by atoms with E-state index in [-0.39, 0.29) is 29.9 Å². The summed E-state index contributed by atoms with van der Waals surface area (Å²) >= 11 is 0. The molecule has 3 aliphatic heterocycles. The highest BCUT2D eigenvalue weighted by atomic mass is 16.5. The summed E-state index contributed by atoms with van der Waals surface area (Å²) in [6.45, 7) is 9.16. The number of piperazine rings is 1. The van der Waals surface area contributed by atoms with E-state index in [1.807, 2.05) is 6.07 Å². The van der Waals surface area contributed by atoms with Crippen LogP contribution < -0.4 is 14.4 Å². The number of nitrogens with zero attached hydrogens (tertiary/aromatic N) is 6. The zero-order valence-corrected chi connectivity index (χ0v) is 24.2. The van der Waals surface area contributed by atoms with E-state index in [9.17, 15) is 10.1 Å². The van der Waals surface area contributed by atoms with Crippen LogP contribution in [0.5, 0.6) is 11.8 Å². The standard InChI is InChI=1S/C32H40N6O3/c1-4-29(39)38-17-16-37(20-23(38)12-14-33)30-25-11-13-32(18-22(2)41-28-10-6-5-9-26(28)32)19-27(25)34-31(35-30)40-21-24-8-7-15-36(24)3/h4-6,9-10,22-24H,1,7-8,11-13,15-21H2,2-3H3/t22?,23-,24-,32?/m0/s1. The van der Waals surface area contributed by atoms with Gasteiger partial charge in [0, 0.05) is 48.6 Å². The van der Waals surface area contributed by atoms with Gasteiger partial charge < -0.3 is 24.2 Å². The van der Waals surface area contributed by atoms with Gasteiger partial charge in [-0.05, 0) is 64.8 Å². The van der Waals surface area contributed by atoms with E-state index in [1.54, 1.807) is 4.90 Å². The lowest BCUT2D eigenvalue weighted by Gasteiger charge is -2.45. The van der Waals surface area contributed by atoms with Gasteiger partial charge in [0.15, 0.2) is 0 Å². The van der Waals surface area contributed by atoms with Crippen molar-refractivity contribution in [2.75, 3.05) is 44.7 Å². The van der Waals surface area contributed by atoms with Crippen molar-refractivity contribution in [2.24, 2.45) is 0 Å². The molecule has 4 heterocycles. The Hall–Kier alpha value is -3.64. The molecule has 4 aliphatic rings. The number of carbonyl (C=O) groups excluding carboxylic acids is 1. The lowest BCUT2D eigenvalue weighted by atomic mass is 9.64. The predicted octanol–water partition coefficient (Wildman–Crippen LogP) is 3.66. The molecule has 4 atom stereocenters. The van der Waals surface area contributed by atoms with Crippen molar-refractivity contribution in [3.63, 3.8) is 0 Å². The number of amides is 1. The first-order chi connectivity index (χ1) is 19.9. The zero-order chi connectivity index (χ0) is 28.6. The van der Waals surface area contributed by atoms with E-state index in [0.29, 0.717) is 38.3 Å². The van der Waals surface area contributed by atoms with Gasteiger partial charge in [-0.3, -0.25) is 4.79 Å². The predicted molar refractivity (Wildman–Crippen MR) is 156 cm³/mol. The summed E-state index contributed by atoms with van der Waals surface area (Å²) in [5, 5.41) is 9.53. The van der Waals surface area contributed by atoms with Crippen LogP contribution in [0.2, 0.25) is 0 Å². The molecule has 1 spiro atoms. The Morgan fingerprint density at radius 1 is 1.27 bits per heavy atom. The van der Waals surface area contributed by atoms with Crippen molar-refractivity contribution in [1.82, 2.24) is 19.8 Å². The van der Waals surface area contributed by atoms with Crippen LogP contribution in [0, 0.1) is 11.3 Å². The van der Waals surface area contributed by atoms with Crippen molar-refractivity contribution in [2.45, 2.75) is 75.5 Å². The fourth-order valence-corrected chi connectivity index (χ4v) is 7.42. The first-order valence-electron chi connectivity index (χ1n) is 14.9. The third-order valence-corrected chi connectivity index (χ3v) is 9.52. The first kappa shape index (κ1) is 27.5. The number of hydrogen-bond donors (Lipinski definition) is 0. The van der Waals surface area contributed by atoms with E-state index >= 15 is 0 Å². The van der Waals surface area contributed by atoms with Crippen LogP contribution in [-0.4, -0.2) is 83.7 Å². The SMILES string of the molecule is C=CC(=O)N1CCN(c2nc(OC[C@@H]3CCCN3C)nc3c2CCC2(C3)CC(C)Oc3ccccc32)C[C@@H]1CC#N. The number of hydrogen-bond acceptors (Lipinski definition) is 8. The fourth-order valence-electron chi connectivity index (χ4n) is 7.42. The lowest BCUT2D eigenvalue weighted by molar-refractivity contribution is -0.128. The molecule has 1 aromatic carbocycles. The number of para-hydroxylation sites is 1. The summed E-state index contributed by atoms with van der Waals surface area (Å²) in [7, 11) is 2.15. The minimum atomic E-state index is -0.223. The van der Waals surface area contributed by atoms with Gasteiger partial charge >= 0.3 is 6.01 Å². The molecule has 216 valence electrons. The Labute approximate surface area is 242 Å². The summed E-state index contributed by atoms with van der Waals surface area (Å²) in [6.07, 6.45) is 7.61. The average Bonchev–Trinajstić information content (AvgIpc) is 3.39. The normalized spacial score (nSPS) is 27.5. The highest BCUT2D eigenvalue weighted by Gasteiger charge is 2.44. The number of likely N-dealkylation sites (tertiary alicyclic amines) is 1. The number of anilines is 1. The monoisotopic (exact) mass is 556 g/mol. The largest absolute Gasteiger partial charge is 0.490 e. The van der Waals surface area contributed by atoms with Crippen molar-refractivity contribution < 1.29 is 14.3 Å². The summed E-state index contributed by atoms with van der Waals surface area (Å²) in [5.74, 6) is 1.74. The van der Waals surface area contributed by atoms with Crippen LogP contribution in [0.15, 0.2) is 36.9 Å². The molecule has 0 saturated carbocycles. The van der Waals surface area contributed by atoms with Gasteiger partial charge in [0.2, 0.25) is 5.91 Å². The maximum Gasteiger partial charge on any atom is 0.318 e. The first-order valence-corrected chi connectivity index (χ1v) is 14.9. The summed E-state index contributed by atoms with van der Waals surface area (Å²) in [6, 6.07) is 11.3. The number of nitriles is 1. The van der Waals surface area contributed by atoms with Crippen LogP contribution in [0.1, 0.15) is 55.8 Å². The van der Waals surface area contributed by atoms with E-state index < -0.39 is 0 Å². The molecule has 2 saturated heterocycles. The Kier molecular flexibility index (Phi) is 7.60. The quantitative estimate of drug-likeness (QED) is 0.498. The molecule has 2 aromatic rings. The van der Waals surface area contributed by atoms with Gasteiger partial charge in [0.1, 0.15) is 18.2 Å². The molecule has 2 fully saturated rings. The van der Waals surface area contributed by atoms with Crippen LogP contribution in [0.3, 0.4) is 0 Å². The minimum Gasteiger partial charge on any atom is -0.490 e. The van der Waals surface area contributed by atoms with Crippen LogP contribution in [0.25, 0.3) is 0 Å². The van der Waals surface area contributed by atoms with Crippen molar-refractivity contribution >= 4 is 11.7 Å². The number of carbonyl (C=O) groups is 1. The highest BCUT2D eigenvalue weighted by Crippen LogP contribution is 2.49. The number of fused-ring (bicyclic) bond motifs is 3. The van der Waals surface area contributed by atoms with Gasteiger partial charge in [-0.2, -0.15) is 15.2 Å². The van der Waals surface area contributed by atoms with Crippen LogP contribution in [0.4, 0.5) is 5.82 Å². The molecule has 41 heavy (non-hydrogen) atoms. The van der Waals surface area contributed by atoms with Crippen molar-refractivity contribution in [3.05, 3.63) is 53.7 Å². The Morgan fingerprint density at radius 2 is 2.12 bits per heavy atom. The number of rotatable bonds is 6. The second-order valence-electron chi connectivity index (χ2n) is 12.1. The number of likely N-dealkylation sites (N-methyl/N-ethyl adjacent to an activating group) is 1. The smallest absolute Gasteiger partial charge is 0.318 e.